The number of piperazine rings is 1. The fraction of sp³-hybridized carbons (Fsp3) is 0.500. The van der Waals surface area contributed by atoms with Gasteiger partial charge in [0.1, 0.15) is 0 Å². The Morgan fingerprint density at radius 3 is 2.32 bits per heavy atom. The highest BCUT2D eigenvalue weighted by Gasteiger charge is 2.28. The summed E-state index contributed by atoms with van der Waals surface area (Å²) in [6, 6.07) is 7.66. The smallest absolute Gasteiger partial charge is 0.281 e. The van der Waals surface area contributed by atoms with Crippen LogP contribution in [0.25, 0.3) is 0 Å². The zero-order valence-electron chi connectivity index (χ0n) is 11.3. The lowest BCUT2D eigenvalue weighted by Gasteiger charge is -2.36. The van der Waals surface area contributed by atoms with Crippen LogP contribution in [0.2, 0.25) is 0 Å². The van der Waals surface area contributed by atoms with E-state index in [2.05, 4.69) is 4.90 Å². The number of benzene rings is 1. The quantitative estimate of drug-likeness (QED) is 0.805. The molecule has 6 nitrogen and oxygen atoms in total. The Morgan fingerprint density at radius 1 is 1.16 bits per heavy atom. The van der Waals surface area contributed by atoms with Crippen molar-refractivity contribution in [1.82, 2.24) is 8.61 Å². The molecule has 0 unspecified atom stereocenters. The lowest BCUT2D eigenvalue weighted by molar-refractivity contribution is 0.355. The Labute approximate surface area is 114 Å². The van der Waals surface area contributed by atoms with Gasteiger partial charge in [-0.3, -0.25) is 0 Å². The van der Waals surface area contributed by atoms with Crippen LogP contribution >= 0.6 is 0 Å². The molecular weight excluding hydrogens is 264 g/mol. The number of nitrogen functional groups attached to an aromatic ring is 1. The molecule has 0 bridgehead atoms. The molecule has 0 radical (unpaired) electrons. The van der Waals surface area contributed by atoms with Crippen LogP contribution in [-0.2, 0) is 10.2 Å². The van der Waals surface area contributed by atoms with E-state index >= 15 is 0 Å². The van der Waals surface area contributed by atoms with Crippen molar-refractivity contribution in [3.8, 4) is 0 Å². The summed E-state index contributed by atoms with van der Waals surface area (Å²) in [5, 5.41) is 0. The highest BCUT2D eigenvalue weighted by Crippen LogP contribution is 2.20. The second-order valence-electron chi connectivity index (χ2n) is 4.77. The number of hydrogen-bond acceptors (Lipinski definition) is 4. The van der Waals surface area contributed by atoms with Crippen molar-refractivity contribution in [3.63, 3.8) is 0 Å². The van der Waals surface area contributed by atoms with E-state index < -0.39 is 10.2 Å². The standard InChI is InChI=1S/C12H20N4O2S/c1-14(2)19(17,18)16-8-6-15(7-9-16)12-5-3-4-11(13)10-12/h3-5,10H,6-9,13H2,1-2H3. The summed E-state index contributed by atoms with van der Waals surface area (Å²) in [5.41, 5.74) is 7.53. The van der Waals surface area contributed by atoms with Crippen molar-refractivity contribution in [2.24, 2.45) is 0 Å². The summed E-state index contributed by atoms with van der Waals surface area (Å²) in [4.78, 5) is 2.15. The molecule has 0 spiro atoms. The average molecular weight is 284 g/mol. The molecule has 2 N–H and O–H groups in total. The van der Waals surface area contributed by atoms with Gasteiger partial charge < -0.3 is 10.6 Å². The summed E-state index contributed by atoms with van der Waals surface area (Å²) < 4.78 is 26.8. The Kier molecular flexibility index (Phi) is 3.98. The molecule has 0 saturated carbocycles. The molecule has 1 aliphatic heterocycles. The highest BCUT2D eigenvalue weighted by molar-refractivity contribution is 7.86. The molecular formula is C12H20N4O2S. The van der Waals surface area contributed by atoms with Gasteiger partial charge in [0.05, 0.1) is 0 Å². The summed E-state index contributed by atoms with van der Waals surface area (Å²) in [5.74, 6) is 0. The van der Waals surface area contributed by atoms with Crippen LogP contribution in [-0.4, -0.2) is 57.3 Å². The molecule has 1 saturated heterocycles. The van der Waals surface area contributed by atoms with Crippen molar-refractivity contribution in [1.29, 1.82) is 0 Å². The second kappa shape index (κ2) is 5.36. The van der Waals surface area contributed by atoms with Gasteiger partial charge in [-0.15, -0.1) is 0 Å². The first-order chi connectivity index (χ1) is 8.91. The molecule has 19 heavy (non-hydrogen) atoms. The van der Waals surface area contributed by atoms with Crippen LogP contribution in [0.15, 0.2) is 24.3 Å². The van der Waals surface area contributed by atoms with Gasteiger partial charge in [-0.05, 0) is 18.2 Å². The molecule has 7 heteroatoms. The summed E-state index contributed by atoms with van der Waals surface area (Å²) in [7, 11) is -0.188. The van der Waals surface area contributed by atoms with Crippen LogP contribution in [0.4, 0.5) is 11.4 Å². The molecule has 0 aromatic heterocycles. The number of rotatable bonds is 3. The molecule has 0 aliphatic carbocycles. The predicted octanol–water partition coefficient (Wildman–Crippen LogP) is 0.197. The molecule has 0 amide bonds. The monoisotopic (exact) mass is 284 g/mol. The third-order valence-electron chi connectivity index (χ3n) is 3.26. The van der Waals surface area contributed by atoms with Crippen molar-refractivity contribution in [2.75, 3.05) is 50.9 Å². The van der Waals surface area contributed by atoms with E-state index in [0.717, 1.165) is 11.4 Å². The van der Waals surface area contributed by atoms with Gasteiger partial charge in [-0.1, -0.05) is 6.07 Å². The SMILES string of the molecule is CN(C)S(=O)(=O)N1CCN(c2cccc(N)c2)CC1. The first-order valence-electron chi connectivity index (χ1n) is 6.19. The minimum Gasteiger partial charge on any atom is -0.399 e. The minimum atomic E-state index is -3.30. The van der Waals surface area contributed by atoms with E-state index in [4.69, 9.17) is 5.73 Å². The van der Waals surface area contributed by atoms with Crippen LogP contribution in [0.3, 0.4) is 0 Å². The largest absolute Gasteiger partial charge is 0.399 e. The van der Waals surface area contributed by atoms with Gasteiger partial charge in [-0.2, -0.15) is 17.0 Å². The third kappa shape index (κ3) is 2.99. The van der Waals surface area contributed by atoms with E-state index in [-0.39, 0.29) is 0 Å². The van der Waals surface area contributed by atoms with Crippen LogP contribution in [0.5, 0.6) is 0 Å². The number of anilines is 2. The van der Waals surface area contributed by atoms with Crippen molar-refractivity contribution in [3.05, 3.63) is 24.3 Å². The van der Waals surface area contributed by atoms with Gasteiger partial charge in [0, 0.05) is 51.6 Å². The van der Waals surface area contributed by atoms with Crippen LogP contribution < -0.4 is 10.6 Å². The minimum absolute atomic E-state index is 0.495. The fourth-order valence-corrected chi connectivity index (χ4v) is 3.22. The van der Waals surface area contributed by atoms with E-state index in [1.165, 1.54) is 8.61 Å². The molecule has 1 aromatic carbocycles. The van der Waals surface area contributed by atoms with E-state index in [0.29, 0.717) is 26.2 Å². The van der Waals surface area contributed by atoms with Gasteiger partial charge in [0.15, 0.2) is 0 Å². The van der Waals surface area contributed by atoms with Crippen LogP contribution in [0, 0.1) is 0 Å². The fourth-order valence-electron chi connectivity index (χ4n) is 2.13. The maximum Gasteiger partial charge on any atom is 0.281 e. The first kappa shape index (κ1) is 14.1. The predicted molar refractivity (Wildman–Crippen MR) is 77.2 cm³/mol. The maximum atomic E-state index is 12.0. The molecule has 1 aromatic rings. The molecule has 1 aliphatic rings. The number of nitrogens with two attached hydrogens (primary N) is 1. The zero-order valence-corrected chi connectivity index (χ0v) is 12.1. The topological polar surface area (TPSA) is 69.9 Å². The molecule has 1 fully saturated rings. The highest BCUT2D eigenvalue weighted by atomic mass is 32.2. The average Bonchev–Trinajstić information content (AvgIpc) is 2.38. The van der Waals surface area contributed by atoms with E-state index in [9.17, 15) is 8.42 Å². The lowest BCUT2D eigenvalue weighted by Crippen LogP contribution is -2.51. The Hall–Kier alpha value is -1.31. The summed E-state index contributed by atoms with van der Waals surface area (Å²) in [6.45, 7) is 2.34. The lowest BCUT2D eigenvalue weighted by atomic mass is 10.2. The van der Waals surface area contributed by atoms with E-state index in [1.54, 1.807) is 14.1 Å². The van der Waals surface area contributed by atoms with Crippen molar-refractivity contribution in [2.45, 2.75) is 0 Å². The van der Waals surface area contributed by atoms with Gasteiger partial charge in [0.25, 0.3) is 10.2 Å². The Morgan fingerprint density at radius 2 is 1.79 bits per heavy atom. The molecule has 1 heterocycles. The third-order valence-corrected chi connectivity index (χ3v) is 5.20. The first-order valence-corrected chi connectivity index (χ1v) is 7.59. The normalized spacial score (nSPS) is 17.9. The van der Waals surface area contributed by atoms with Gasteiger partial charge in [0.2, 0.25) is 0 Å². The Bertz CT molecular complexity index is 536. The van der Waals surface area contributed by atoms with Gasteiger partial charge >= 0.3 is 0 Å². The summed E-state index contributed by atoms with van der Waals surface area (Å²) >= 11 is 0. The van der Waals surface area contributed by atoms with Crippen molar-refractivity contribution < 1.29 is 8.42 Å². The van der Waals surface area contributed by atoms with E-state index in [1.807, 2.05) is 24.3 Å². The molecule has 2 rings (SSSR count). The zero-order chi connectivity index (χ0) is 14.0. The van der Waals surface area contributed by atoms with Gasteiger partial charge in [-0.25, -0.2) is 0 Å². The van der Waals surface area contributed by atoms with Crippen molar-refractivity contribution >= 4 is 21.6 Å². The number of hydrogen-bond donors (Lipinski definition) is 1. The van der Waals surface area contributed by atoms with Crippen LogP contribution in [0.1, 0.15) is 0 Å². The Balaban J connectivity index is 2.04. The summed E-state index contributed by atoms with van der Waals surface area (Å²) in [6.07, 6.45) is 0. The second-order valence-corrected chi connectivity index (χ2v) is 6.91. The molecule has 106 valence electrons. The number of nitrogens with zero attached hydrogens (tertiary/aromatic N) is 3. The molecule has 0 atom stereocenters. The maximum absolute atomic E-state index is 12.0.